The Hall–Kier alpha value is -1.67. The van der Waals surface area contributed by atoms with Gasteiger partial charge in [-0.05, 0) is 55.1 Å². The Morgan fingerprint density at radius 2 is 1.75 bits per heavy atom. The van der Waals surface area contributed by atoms with Gasteiger partial charge in [-0.25, -0.2) is 0 Å². The minimum absolute atomic E-state index is 0.356. The molecule has 106 valence electrons. The van der Waals surface area contributed by atoms with Crippen molar-refractivity contribution in [1.29, 1.82) is 0 Å². The normalized spacial score (nSPS) is 12.3. The van der Waals surface area contributed by atoms with Gasteiger partial charge in [-0.1, -0.05) is 38.1 Å². The lowest BCUT2D eigenvalue weighted by atomic mass is 9.98. The van der Waals surface area contributed by atoms with E-state index < -0.39 is 0 Å². The molecule has 0 fully saturated rings. The van der Waals surface area contributed by atoms with Crippen LogP contribution in [0.25, 0.3) is 0 Å². The van der Waals surface area contributed by atoms with Gasteiger partial charge >= 0.3 is 0 Å². The number of nitrogens with one attached hydrogen (secondary N) is 1. The molecule has 1 aromatic carbocycles. The number of pyridine rings is 1. The standard InChI is InChI=1S/C18H24N2/c1-4-15-6-8-16(9-7-15)13-18(19-5-2)17-10-11-20-14(3)12-17/h6-12,18-19H,4-5,13H2,1-3H3. The number of hydrogen-bond donors (Lipinski definition) is 1. The fourth-order valence-corrected chi connectivity index (χ4v) is 2.49. The summed E-state index contributed by atoms with van der Waals surface area (Å²) in [4.78, 5) is 4.28. The molecule has 20 heavy (non-hydrogen) atoms. The van der Waals surface area contributed by atoms with Gasteiger partial charge in [0, 0.05) is 17.9 Å². The topological polar surface area (TPSA) is 24.9 Å². The van der Waals surface area contributed by atoms with Crippen molar-refractivity contribution in [2.75, 3.05) is 6.54 Å². The van der Waals surface area contributed by atoms with Crippen molar-refractivity contribution in [1.82, 2.24) is 10.3 Å². The molecule has 0 amide bonds. The lowest BCUT2D eigenvalue weighted by Crippen LogP contribution is -2.23. The lowest BCUT2D eigenvalue weighted by Gasteiger charge is -2.19. The zero-order valence-corrected chi connectivity index (χ0v) is 12.7. The van der Waals surface area contributed by atoms with Gasteiger partial charge in [0.15, 0.2) is 0 Å². The average Bonchev–Trinajstić information content (AvgIpc) is 2.47. The van der Waals surface area contributed by atoms with E-state index in [1.807, 2.05) is 13.1 Å². The van der Waals surface area contributed by atoms with Crippen molar-refractivity contribution in [3.8, 4) is 0 Å². The van der Waals surface area contributed by atoms with Crippen LogP contribution in [0.1, 0.15) is 42.3 Å². The van der Waals surface area contributed by atoms with Crippen LogP contribution in [0, 0.1) is 6.92 Å². The van der Waals surface area contributed by atoms with Crippen molar-refractivity contribution in [3.05, 3.63) is 65.0 Å². The van der Waals surface area contributed by atoms with Crippen molar-refractivity contribution in [2.24, 2.45) is 0 Å². The van der Waals surface area contributed by atoms with Crippen LogP contribution >= 0.6 is 0 Å². The molecule has 2 heteroatoms. The van der Waals surface area contributed by atoms with E-state index in [-0.39, 0.29) is 0 Å². The maximum Gasteiger partial charge on any atom is 0.0375 e. The molecule has 2 aromatic rings. The van der Waals surface area contributed by atoms with Gasteiger partial charge in [-0.3, -0.25) is 4.98 Å². The Balaban J connectivity index is 2.16. The number of hydrogen-bond acceptors (Lipinski definition) is 2. The summed E-state index contributed by atoms with van der Waals surface area (Å²) in [6.07, 6.45) is 4.01. The van der Waals surface area contributed by atoms with Crippen LogP contribution in [0.2, 0.25) is 0 Å². The highest BCUT2D eigenvalue weighted by Crippen LogP contribution is 2.19. The van der Waals surface area contributed by atoms with Crippen molar-refractivity contribution in [3.63, 3.8) is 0 Å². The van der Waals surface area contributed by atoms with Crippen LogP contribution in [0.3, 0.4) is 0 Å². The van der Waals surface area contributed by atoms with Crippen LogP contribution < -0.4 is 5.32 Å². The van der Waals surface area contributed by atoms with E-state index in [0.29, 0.717) is 6.04 Å². The van der Waals surface area contributed by atoms with Gasteiger partial charge in [-0.15, -0.1) is 0 Å². The lowest BCUT2D eigenvalue weighted by molar-refractivity contribution is 0.549. The minimum atomic E-state index is 0.356. The van der Waals surface area contributed by atoms with Crippen molar-refractivity contribution in [2.45, 2.75) is 39.7 Å². The molecule has 0 aliphatic heterocycles. The molecule has 1 aromatic heterocycles. The summed E-state index contributed by atoms with van der Waals surface area (Å²) in [6, 6.07) is 13.6. The van der Waals surface area contributed by atoms with E-state index >= 15 is 0 Å². The number of benzene rings is 1. The summed E-state index contributed by atoms with van der Waals surface area (Å²) in [6.45, 7) is 7.36. The average molecular weight is 268 g/mol. The second-order valence-electron chi connectivity index (χ2n) is 5.21. The third kappa shape index (κ3) is 3.91. The van der Waals surface area contributed by atoms with Gasteiger partial charge in [0.25, 0.3) is 0 Å². The molecular formula is C18H24N2. The molecule has 1 unspecified atom stereocenters. The molecular weight excluding hydrogens is 244 g/mol. The number of likely N-dealkylation sites (N-methyl/N-ethyl adjacent to an activating group) is 1. The maximum absolute atomic E-state index is 4.28. The Bertz CT molecular complexity index is 531. The monoisotopic (exact) mass is 268 g/mol. The predicted molar refractivity (Wildman–Crippen MR) is 84.9 cm³/mol. The zero-order valence-electron chi connectivity index (χ0n) is 12.7. The molecule has 1 heterocycles. The molecule has 2 rings (SSSR count). The number of aromatic nitrogens is 1. The third-order valence-corrected chi connectivity index (χ3v) is 3.64. The number of rotatable bonds is 6. The molecule has 0 radical (unpaired) electrons. The molecule has 2 nitrogen and oxygen atoms in total. The van der Waals surface area contributed by atoms with E-state index in [0.717, 1.165) is 25.1 Å². The van der Waals surface area contributed by atoms with Crippen molar-refractivity contribution < 1.29 is 0 Å². The second-order valence-corrected chi connectivity index (χ2v) is 5.21. The molecule has 0 saturated carbocycles. The largest absolute Gasteiger partial charge is 0.310 e. The van der Waals surface area contributed by atoms with Crippen LogP contribution in [-0.4, -0.2) is 11.5 Å². The number of nitrogens with zero attached hydrogens (tertiary/aromatic N) is 1. The maximum atomic E-state index is 4.28. The first-order valence-corrected chi connectivity index (χ1v) is 7.46. The summed E-state index contributed by atoms with van der Waals surface area (Å²) >= 11 is 0. The highest BCUT2D eigenvalue weighted by molar-refractivity contribution is 5.26. The highest BCUT2D eigenvalue weighted by atomic mass is 14.9. The first kappa shape index (κ1) is 14.7. The van der Waals surface area contributed by atoms with Crippen LogP contribution in [-0.2, 0) is 12.8 Å². The Morgan fingerprint density at radius 3 is 2.35 bits per heavy atom. The SMILES string of the molecule is CCNC(Cc1ccc(CC)cc1)c1ccnc(C)c1. The summed E-state index contributed by atoms with van der Waals surface area (Å²) in [5.41, 5.74) is 5.17. The molecule has 0 aliphatic carbocycles. The van der Waals surface area contributed by atoms with E-state index in [2.05, 4.69) is 60.5 Å². The van der Waals surface area contributed by atoms with E-state index in [9.17, 15) is 0 Å². The first-order chi connectivity index (χ1) is 9.72. The molecule has 0 saturated heterocycles. The summed E-state index contributed by atoms with van der Waals surface area (Å²) in [7, 11) is 0. The smallest absolute Gasteiger partial charge is 0.0375 e. The quantitative estimate of drug-likeness (QED) is 0.861. The molecule has 0 aliphatic rings. The summed E-state index contributed by atoms with van der Waals surface area (Å²) in [5.74, 6) is 0. The fourth-order valence-electron chi connectivity index (χ4n) is 2.49. The van der Waals surface area contributed by atoms with Gasteiger partial charge in [0.1, 0.15) is 0 Å². The zero-order chi connectivity index (χ0) is 14.4. The molecule has 1 atom stereocenters. The third-order valence-electron chi connectivity index (χ3n) is 3.64. The minimum Gasteiger partial charge on any atom is -0.310 e. The second kappa shape index (κ2) is 7.20. The molecule has 1 N–H and O–H groups in total. The van der Waals surface area contributed by atoms with Crippen LogP contribution in [0.5, 0.6) is 0 Å². The van der Waals surface area contributed by atoms with Gasteiger partial charge in [0.05, 0.1) is 0 Å². The Kier molecular flexibility index (Phi) is 5.31. The van der Waals surface area contributed by atoms with Crippen LogP contribution in [0.4, 0.5) is 0 Å². The first-order valence-electron chi connectivity index (χ1n) is 7.46. The molecule has 0 bridgehead atoms. The van der Waals surface area contributed by atoms with Gasteiger partial charge in [-0.2, -0.15) is 0 Å². The van der Waals surface area contributed by atoms with Crippen molar-refractivity contribution >= 4 is 0 Å². The summed E-state index contributed by atoms with van der Waals surface area (Å²) in [5, 5.41) is 3.58. The highest BCUT2D eigenvalue weighted by Gasteiger charge is 2.11. The van der Waals surface area contributed by atoms with Crippen LogP contribution in [0.15, 0.2) is 42.6 Å². The van der Waals surface area contributed by atoms with E-state index in [1.54, 1.807) is 0 Å². The summed E-state index contributed by atoms with van der Waals surface area (Å²) < 4.78 is 0. The number of aryl methyl sites for hydroxylation is 2. The Morgan fingerprint density at radius 1 is 1.05 bits per heavy atom. The van der Waals surface area contributed by atoms with E-state index in [4.69, 9.17) is 0 Å². The Labute approximate surface area is 122 Å². The predicted octanol–water partition coefficient (Wildman–Crippen LogP) is 3.85. The van der Waals surface area contributed by atoms with E-state index in [1.165, 1.54) is 16.7 Å². The fraction of sp³-hybridized carbons (Fsp3) is 0.389. The molecule has 0 spiro atoms. The van der Waals surface area contributed by atoms with Gasteiger partial charge < -0.3 is 5.32 Å². The van der Waals surface area contributed by atoms with Gasteiger partial charge in [0.2, 0.25) is 0 Å².